The summed E-state index contributed by atoms with van der Waals surface area (Å²) < 4.78 is 6.07. The molecule has 0 bridgehead atoms. The van der Waals surface area contributed by atoms with E-state index < -0.39 is 17.2 Å². The van der Waals surface area contributed by atoms with Crippen LogP contribution in [0.25, 0.3) is 0 Å². The lowest BCUT2D eigenvalue weighted by Gasteiger charge is -2.22. The van der Waals surface area contributed by atoms with E-state index in [4.69, 9.17) is 10.5 Å². The highest BCUT2D eigenvalue weighted by Crippen LogP contribution is 2.17. The van der Waals surface area contributed by atoms with Gasteiger partial charge >= 0.3 is 5.69 Å². The van der Waals surface area contributed by atoms with Crippen LogP contribution >= 0.6 is 0 Å². The molecule has 0 aliphatic carbocycles. The van der Waals surface area contributed by atoms with Crippen molar-refractivity contribution >= 4 is 17.4 Å². The molecule has 1 aromatic heterocycles. The number of unbranched alkanes of at least 4 members (excludes halogenated alkanes) is 1. The molecule has 1 heterocycles. The van der Waals surface area contributed by atoms with Gasteiger partial charge in [0.05, 0.1) is 0 Å². The van der Waals surface area contributed by atoms with Crippen LogP contribution in [0.2, 0.25) is 0 Å². The fraction of sp³-hybridized carbons (Fsp3) is 0.615. The molecular weight excluding hydrogens is 276 g/mol. The number of nitrogens with two attached hydrogens (primary N) is 1. The number of methoxy groups -OCH3 is 1. The van der Waals surface area contributed by atoms with E-state index in [1.807, 2.05) is 6.92 Å². The number of nitrogens with zero attached hydrogens (tertiary/aromatic N) is 2. The van der Waals surface area contributed by atoms with E-state index >= 15 is 0 Å². The Bertz CT molecular complexity index is 605. The summed E-state index contributed by atoms with van der Waals surface area (Å²) in [5.74, 6) is -0.388. The average molecular weight is 298 g/mol. The van der Waals surface area contributed by atoms with E-state index in [1.54, 1.807) is 6.92 Å². The maximum atomic E-state index is 12.0. The molecule has 1 amide bonds. The number of H-pyrrole nitrogens is 1. The number of ether oxygens (including phenoxy) is 1. The molecule has 0 atom stereocenters. The first-order valence-corrected chi connectivity index (χ1v) is 6.89. The number of carbonyl (C=O) groups is 1. The highest BCUT2D eigenvalue weighted by molar-refractivity contribution is 5.96. The maximum Gasteiger partial charge on any atom is 0.330 e. The minimum atomic E-state index is -0.670. The summed E-state index contributed by atoms with van der Waals surface area (Å²) >= 11 is 0. The summed E-state index contributed by atoms with van der Waals surface area (Å²) in [6, 6.07) is 0. The third-order valence-electron chi connectivity index (χ3n) is 3.10. The van der Waals surface area contributed by atoms with Crippen LogP contribution in [-0.4, -0.2) is 35.7 Å². The number of aromatic nitrogens is 2. The molecule has 118 valence electrons. The SMILES string of the molecule is CCCCn1c(N)c(N(CC)C(=O)COC)c(=O)[nH]c1=O. The zero-order chi connectivity index (χ0) is 16.0. The molecule has 0 aliphatic heterocycles. The molecular formula is C13H22N4O4. The van der Waals surface area contributed by atoms with Crippen LogP contribution in [0, 0.1) is 0 Å². The highest BCUT2D eigenvalue weighted by Gasteiger charge is 2.22. The fourth-order valence-electron chi connectivity index (χ4n) is 2.04. The van der Waals surface area contributed by atoms with Crippen LogP contribution < -0.4 is 21.9 Å². The second-order valence-corrected chi connectivity index (χ2v) is 4.57. The Morgan fingerprint density at radius 1 is 1.38 bits per heavy atom. The van der Waals surface area contributed by atoms with E-state index in [9.17, 15) is 14.4 Å². The molecule has 21 heavy (non-hydrogen) atoms. The molecule has 0 saturated heterocycles. The average Bonchev–Trinajstić information content (AvgIpc) is 2.43. The number of nitrogen functional groups attached to an aromatic ring is 1. The number of hydrogen-bond donors (Lipinski definition) is 2. The molecule has 3 N–H and O–H groups in total. The molecule has 0 aromatic carbocycles. The van der Waals surface area contributed by atoms with Crippen molar-refractivity contribution in [2.24, 2.45) is 0 Å². The largest absolute Gasteiger partial charge is 0.383 e. The minimum Gasteiger partial charge on any atom is -0.383 e. The third kappa shape index (κ3) is 3.72. The summed E-state index contributed by atoms with van der Waals surface area (Å²) in [7, 11) is 1.39. The smallest absolute Gasteiger partial charge is 0.330 e. The van der Waals surface area contributed by atoms with Crippen molar-refractivity contribution in [2.45, 2.75) is 33.2 Å². The van der Waals surface area contributed by atoms with Gasteiger partial charge in [0, 0.05) is 20.2 Å². The summed E-state index contributed by atoms with van der Waals surface area (Å²) in [5, 5.41) is 0. The zero-order valence-corrected chi connectivity index (χ0v) is 12.6. The molecule has 8 nitrogen and oxygen atoms in total. The third-order valence-corrected chi connectivity index (χ3v) is 3.10. The van der Waals surface area contributed by atoms with Crippen LogP contribution in [0.4, 0.5) is 11.5 Å². The predicted octanol–water partition coefficient (Wildman–Crippen LogP) is -0.0818. The first kappa shape index (κ1) is 17.0. The van der Waals surface area contributed by atoms with Gasteiger partial charge in [0.15, 0.2) is 5.69 Å². The maximum absolute atomic E-state index is 12.0. The molecule has 0 spiro atoms. The second-order valence-electron chi connectivity index (χ2n) is 4.57. The Hall–Kier alpha value is -2.09. The van der Waals surface area contributed by atoms with Gasteiger partial charge in [-0.15, -0.1) is 0 Å². The molecule has 0 saturated carbocycles. The van der Waals surface area contributed by atoms with Crippen LogP contribution in [0.3, 0.4) is 0 Å². The fourth-order valence-corrected chi connectivity index (χ4v) is 2.04. The van der Waals surface area contributed by atoms with Crippen molar-refractivity contribution < 1.29 is 9.53 Å². The Morgan fingerprint density at radius 3 is 2.57 bits per heavy atom. The summed E-state index contributed by atoms with van der Waals surface area (Å²) in [6.45, 7) is 4.17. The number of amides is 1. The van der Waals surface area contributed by atoms with Gasteiger partial charge in [-0.2, -0.15) is 0 Å². The van der Waals surface area contributed by atoms with Gasteiger partial charge in [0.1, 0.15) is 12.4 Å². The first-order valence-electron chi connectivity index (χ1n) is 6.89. The van der Waals surface area contributed by atoms with Crippen molar-refractivity contribution in [2.75, 3.05) is 30.9 Å². The quantitative estimate of drug-likeness (QED) is 0.731. The predicted molar refractivity (Wildman–Crippen MR) is 80.5 cm³/mol. The number of anilines is 2. The Morgan fingerprint density at radius 2 is 2.05 bits per heavy atom. The van der Waals surface area contributed by atoms with Gasteiger partial charge < -0.3 is 15.4 Å². The molecule has 0 radical (unpaired) electrons. The Kier molecular flexibility index (Phi) is 6.16. The standard InChI is InChI=1S/C13H22N4O4/c1-4-6-7-17-11(14)10(12(19)15-13(17)20)16(5-2)9(18)8-21-3/h4-8,14H2,1-3H3,(H,15,19,20). The summed E-state index contributed by atoms with van der Waals surface area (Å²) in [6.07, 6.45) is 1.62. The number of likely N-dealkylation sites (N-methyl/N-ethyl adjacent to an activating group) is 1. The van der Waals surface area contributed by atoms with Crippen molar-refractivity contribution in [3.8, 4) is 0 Å². The van der Waals surface area contributed by atoms with Crippen LogP contribution in [-0.2, 0) is 16.1 Å². The van der Waals surface area contributed by atoms with Gasteiger partial charge in [-0.1, -0.05) is 13.3 Å². The molecule has 0 unspecified atom stereocenters. The lowest BCUT2D eigenvalue weighted by molar-refractivity contribution is -0.122. The van der Waals surface area contributed by atoms with E-state index in [0.29, 0.717) is 6.54 Å². The van der Waals surface area contributed by atoms with Crippen molar-refractivity contribution in [3.05, 3.63) is 20.8 Å². The number of aromatic amines is 1. The zero-order valence-electron chi connectivity index (χ0n) is 12.6. The van der Waals surface area contributed by atoms with E-state index in [-0.39, 0.29) is 24.7 Å². The molecule has 1 rings (SSSR count). The van der Waals surface area contributed by atoms with Gasteiger partial charge in [0.2, 0.25) is 0 Å². The van der Waals surface area contributed by atoms with Gasteiger partial charge in [-0.25, -0.2) is 4.79 Å². The van der Waals surface area contributed by atoms with E-state index in [1.165, 1.54) is 16.6 Å². The molecule has 0 fully saturated rings. The Balaban J connectivity index is 3.37. The molecule has 1 aromatic rings. The van der Waals surface area contributed by atoms with E-state index in [2.05, 4.69) is 4.98 Å². The first-order chi connectivity index (χ1) is 9.97. The normalized spacial score (nSPS) is 10.6. The highest BCUT2D eigenvalue weighted by atomic mass is 16.5. The van der Waals surface area contributed by atoms with Crippen LogP contribution in [0.15, 0.2) is 9.59 Å². The summed E-state index contributed by atoms with van der Waals surface area (Å²) in [5.41, 5.74) is 4.71. The second kappa shape index (κ2) is 7.63. The number of rotatable bonds is 7. The van der Waals surface area contributed by atoms with Crippen molar-refractivity contribution in [3.63, 3.8) is 0 Å². The van der Waals surface area contributed by atoms with Crippen LogP contribution in [0.5, 0.6) is 0 Å². The lowest BCUT2D eigenvalue weighted by Crippen LogP contribution is -2.42. The number of nitrogens with one attached hydrogen (secondary N) is 1. The van der Waals surface area contributed by atoms with Gasteiger partial charge in [-0.3, -0.25) is 19.1 Å². The minimum absolute atomic E-state index is 0.00324. The van der Waals surface area contributed by atoms with Gasteiger partial charge in [-0.05, 0) is 13.3 Å². The molecule has 8 heteroatoms. The van der Waals surface area contributed by atoms with E-state index in [0.717, 1.165) is 12.8 Å². The number of carbonyl (C=O) groups excluding carboxylic acids is 1. The van der Waals surface area contributed by atoms with Crippen molar-refractivity contribution in [1.29, 1.82) is 0 Å². The van der Waals surface area contributed by atoms with Crippen LogP contribution in [0.1, 0.15) is 26.7 Å². The van der Waals surface area contributed by atoms with Gasteiger partial charge in [0.25, 0.3) is 11.5 Å². The lowest BCUT2D eigenvalue weighted by atomic mass is 10.3. The number of hydrogen-bond acceptors (Lipinski definition) is 5. The monoisotopic (exact) mass is 298 g/mol. The molecule has 0 aliphatic rings. The summed E-state index contributed by atoms with van der Waals surface area (Å²) in [4.78, 5) is 39.3. The van der Waals surface area contributed by atoms with Crippen molar-refractivity contribution in [1.82, 2.24) is 9.55 Å². The Labute approximate surface area is 122 Å². The topological polar surface area (TPSA) is 110 Å².